The smallest absolute Gasteiger partial charge is 0.211 e. The van der Waals surface area contributed by atoms with E-state index in [4.69, 9.17) is 19.0 Å². The second kappa shape index (κ2) is 9.68. The molecule has 1 heterocycles. The van der Waals surface area contributed by atoms with Crippen LogP contribution in [0.2, 0.25) is 0 Å². The highest BCUT2D eigenvalue weighted by Crippen LogP contribution is 2.33. The minimum Gasteiger partial charge on any atom is -0.393 e. The Morgan fingerprint density at radius 3 is 2.21 bits per heavy atom. The van der Waals surface area contributed by atoms with Crippen LogP contribution in [0.4, 0.5) is 0 Å². The van der Waals surface area contributed by atoms with Crippen molar-refractivity contribution < 1.29 is 23.8 Å². The van der Waals surface area contributed by atoms with Crippen LogP contribution in [-0.4, -0.2) is 88.8 Å². The van der Waals surface area contributed by atoms with Gasteiger partial charge in [-0.25, -0.2) is 0 Å². The van der Waals surface area contributed by atoms with Gasteiger partial charge in [-0.3, -0.25) is 4.79 Å². The van der Waals surface area contributed by atoms with Gasteiger partial charge in [0.15, 0.2) is 0 Å². The molecule has 3 rings (SSSR count). The van der Waals surface area contributed by atoms with E-state index in [1.165, 1.54) is 0 Å². The first-order valence-corrected chi connectivity index (χ1v) is 9.30. The molecule has 152 valence electrons. The van der Waals surface area contributed by atoms with Crippen molar-refractivity contribution in [1.29, 1.82) is 0 Å². The molecule has 0 spiro atoms. The first-order valence-electron chi connectivity index (χ1n) is 9.30. The summed E-state index contributed by atoms with van der Waals surface area (Å²) in [4.78, 5) is 22.3. The quantitative estimate of drug-likeness (QED) is 0.442. The Morgan fingerprint density at radius 1 is 0.893 bits per heavy atom. The summed E-state index contributed by atoms with van der Waals surface area (Å²) in [6.45, 7) is 3.50. The number of likely N-dealkylation sites (N-methyl/N-ethyl adjacent to an activating group) is 2. The van der Waals surface area contributed by atoms with Gasteiger partial charge in [0, 0.05) is 32.3 Å². The largest absolute Gasteiger partial charge is 0.393 e. The van der Waals surface area contributed by atoms with Crippen molar-refractivity contribution in [2.24, 2.45) is 5.16 Å². The van der Waals surface area contributed by atoms with E-state index in [-0.39, 0.29) is 5.78 Å². The lowest BCUT2D eigenvalue weighted by atomic mass is 9.90. The van der Waals surface area contributed by atoms with Crippen molar-refractivity contribution in [2.45, 2.75) is 0 Å². The van der Waals surface area contributed by atoms with Crippen molar-refractivity contribution in [1.82, 2.24) is 9.80 Å². The number of hydrogen-bond acceptors (Lipinski definition) is 8. The van der Waals surface area contributed by atoms with Crippen LogP contribution in [0.5, 0.6) is 0 Å². The summed E-state index contributed by atoms with van der Waals surface area (Å²) in [5, 5.41) is 4.36. The molecule has 0 amide bonds. The zero-order valence-electron chi connectivity index (χ0n) is 16.6. The maximum Gasteiger partial charge on any atom is 0.211 e. The van der Waals surface area contributed by atoms with Crippen molar-refractivity contribution in [3.05, 3.63) is 46.8 Å². The van der Waals surface area contributed by atoms with Gasteiger partial charge in [-0.15, -0.1) is 0 Å². The van der Waals surface area contributed by atoms with Crippen molar-refractivity contribution in [3.8, 4) is 0 Å². The average molecular weight is 389 g/mol. The minimum absolute atomic E-state index is 0.0215. The van der Waals surface area contributed by atoms with Gasteiger partial charge in [-0.1, -0.05) is 29.4 Å². The standard InChI is InChI=1S/C20H27N3O5/c1-22-14-23(2)19-18(22)17(15-6-4-5-7-16(15)20(19)24)21-28-13-12-27-11-10-26-9-8-25-3/h4-7H,8-14H2,1-3H3. The van der Waals surface area contributed by atoms with Gasteiger partial charge < -0.3 is 28.8 Å². The summed E-state index contributed by atoms with van der Waals surface area (Å²) in [6, 6.07) is 7.50. The number of Topliss-reactive ketones (excluding diaryl/α,β-unsaturated/α-hetero) is 1. The number of allylic oxidation sites excluding steroid dienone is 2. The molecule has 1 aliphatic carbocycles. The van der Waals surface area contributed by atoms with Crippen LogP contribution < -0.4 is 0 Å². The molecule has 1 aromatic rings. The van der Waals surface area contributed by atoms with Gasteiger partial charge in [-0.05, 0) is 0 Å². The van der Waals surface area contributed by atoms with Crippen LogP contribution >= 0.6 is 0 Å². The van der Waals surface area contributed by atoms with Crippen molar-refractivity contribution in [3.63, 3.8) is 0 Å². The Morgan fingerprint density at radius 2 is 1.50 bits per heavy atom. The van der Waals surface area contributed by atoms with E-state index in [2.05, 4.69) is 5.16 Å². The summed E-state index contributed by atoms with van der Waals surface area (Å²) in [7, 11) is 5.49. The summed E-state index contributed by atoms with van der Waals surface area (Å²) in [5.41, 5.74) is 3.59. The van der Waals surface area contributed by atoms with Crippen LogP contribution in [0.15, 0.2) is 40.8 Å². The number of ketones is 1. The highest BCUT2D eigenvalue weighted by Gasteiger charge is 2.39. The Bertz CT molecular complexity index is 762. The van der Waals surface area contributed by atoms with Gasteiger partial charge in [-0.2, -0.15) is 0 Å². The molecule has 0 fully saturated rings. The summed E-state index contributed by atoms with van der Waals surface area (Å²) < 4.78 is 15.7. The number of oxime groups is 1. The predicted octanol–water partition coefficient (Wildman–Crippen LogP) is 1.33. The Hall–Kier alpha value is -2.42. The molecule has 2 aliphatic rings. The van der Waals surface area contributed by atoms with E-state index < -0.39 is 0 Å². The molecular weight excluding hydrogens is 362 g/mol. The first-order chi connectivity index (χ1) is 13.6. The number of benzene rings is 1. The summed E-state index contributed by atoms with van der Waals surface area (Å²) in [6.07, 6.45) is 0. The molecule has 0 aromatic heterocycles. The molecule has 28 heavy (non-hydrogen) atoms. The van der Waals surface area contributed by atoms with E-state index in [0.717, 1.165) is 11.3 Å². The van der Waals surface area contributed by atoms with E-state index in [9.17, 15) is 4.79 Å². The van der Waals surface area contributed by atoms with Crippen LogP contribution in [0, 0.1) is 0 Å². The number of rotatable bonds is 10. The normalized spacial score (nSPS) is 17.4. The highest BCUT2D eigenvalue weighted by molar-refractivity contribution is 6.28. The Kier molecular flexibility index (Phi) is 7.02. The second-order valence-corrected chi connectivity index (χ2v) is 6.60. The van der Waals surface area contributed by atoms with Gasteiger partial charge in [0.2, 0.25) is 5.78 Å². The van der Waals surface area contributed by atoms with Crippen LogP contribution in [0.3, 0.4) is 0 Å². The molecule has 0 unspecified atom stereocenters. The van der Waals surface area contributed by atoms with E-state index in [0.29, 0.717) is 63.3 Å². The Balaban J connectivity index is 1.60. The SMILES string of the molecule is COCCOCCOCCON=C1C2=C(C(=O)c3ccccc31)N(C)CN2C. The summed E-state index contributed by atoms with van der Waals surface area (Å²) in [5.74, 6) is 0.0215. The molecule has 0 bridgehead atoms. The fraction of sp³-hybridized carbons (Fsp3) is 0.500. The zero-order valence-corrected chi connectivity index (χ0v) is 16.6. The third-order valence-electron chi connectivity index (χ3n) is 4.56. The van der Waals surface area contributed by atoms with Gasteiger partial charge in [0.05, 0.1) is 45.4 Å². The third kappa shape index (κ3) is 4.35. The average Bonchev–Trinajstić information content (AvgIpc) is 3.00. The van der Waals surface area contributed by atoms with Crippen LogP contribution in [0.1, 0.15) is 15.9 Å². The Labute approximate surface area is 165 Å². The lowest BCUT2D eigenvalue weighted by molar-refractivity contribution is 0.00449. The van der Waals surface area contributed by atoms with Crippen LogP contribution in [0.25, 0.3) is 0 Å². The van der Waals surface area contributed by atoms with E-state index in [1.54, 1.807) is 7.11 Å². The van der Waals surface area contributed by atoms with Crippen molar-refractivity contribution in [2.75, 3.05) is 67.5 Å². The molecule has 0 N–H and O–H groups in total. The molecule has 0 radical (unpaired) electrons. The molecule has 8 heteroatoms. The molecule has 0 saturated carbocycles. The lowest BCUT2D eigenvalue weighted by Crippen LogP contribution is -2.27. The number of fused-ring (bicyclic) bond motifs is 1. The molecule has 8 nitrogen and oxygen atoms in total. The topological polar surface area (TPSA) is 72.8 Å². The van der Waals surface area contributed by atoms with E-state index in [1.807, 2.05) is 48.2 Å². The van der Waals surface area contributed by atoms with E-state index >= 15 is 0 Å². The zero-order chi connectivity index (χ0) is 19.9. The van der Waals surface area contributed by atoms with Crippen molar-refractivity contribution >= 4 is 11.5 Å². The maximum absolute atomic E-state index is 12.9. The third-order valence-corrected chi connectivity index (χ3v) is 4.56. The summed E-state index contributed by atoms with van der Waals surface area (Å²) >= 11 is 0. The first kappa shape index (κ1) is 20.3. The number of carbonyl (C=O) groups is 1. The highest BCUT2D eigenvalue weighted by atomic mass is 16.6. The number of ether oxygens (including phenoxy) is 3. The fourth-order valence-corrected chi connectivity index (χ4v) is 3.30. The molecule has 0 saturated heterocycles. The van der Waals surface area contributed by atoms with Gasteiger partial charge in [0.1, 0.15) is 18.0 Å². The molecular formula is C20H27N3O5. The molecule has 0 atom stereocenters. The fourth-order valence-electron chi connectivity index (χ4n) is 3.30. The minimum atomic E-state index is 0.0215. The number of nitrogens with zero attached hydrogens (tertiary/aromatic N) is 3. The van der Waals surface area contributed by atoms with Gasteiger partial charge >= 0.3 is 0 Å². The number of hydrogen-bond donors (Lipinski definition) is 0. The monoisotopic (exact) mass is 389 g/mol. The lowest BCUT2D eigenvalue weighted by Gasteiger charge is -2.22. The predicted molar refractivity (Wildman–Crippen MR) is 104 cm³/mol. The number of methoxy groups -OCH3 is 1. The maximum atomic E-state index is 12.9. The number of carbonyl (C=O) groups excluding carboxylic acids is 1. The second-order valence-electron chi connectivity index (χ2n) is 6.60. The molecule has 1 aromatic carbocycles. The van der Waals surface area contributed by atoms with Crippen LogP contribution in [-0.2, 0) is 19.0 Å². The van der Waals surface area contributed by atoms with Gasteiger partial charge in [0.25, 0.3) is 0 Å². The molecule has 1 aliphatic heterocycles.